The fourth-order valence-corrected chi connectivity index (χ4v) is 3.83. The average Bonchev–Trinajstić information content (AvgIpc) is 3.22. The summed E-state index contributed by atoms with van der Waals surface area (Å²) in [5.41, 5.74) is 5.36. The molecular formula is C25H26N2O2. The summed E-state index contributed by atoms with van der Waals surface area (Å²) in [7, 11) is 0. The Hall–Kier alpha value is -3.27. The molecule has 0 aromatic heterocycles. The van der Waals surface area contributed by atoms with Crippen molar-refractivity contribution in [1.29, 1.82) is 0 Å². The van der Waals surface area contributed by atoms with E-state index in [0.717, 1.165) is 24.1 Å². The van der Waals surface area contributed by atoms with Gasteiger partial charge < -0.3 is 15.4 Å². The third-order valence-corrected chi connectivity index (χ3v) is 5.25. The Morgan fingerprint density at radius 3 is 2.55 bits per heavy atom. The second-order valence-electron chi connectivity index (χ2n) is 7.24. The van der Waals surface area contributed by atoms with Gasteiger partial charge in [-0.3, -0.25) is 4.79 Å². The van der Waals surface area contributed by atoms with Crippen LogP contribution in [0.15, 0.2) is 72.8 Å². The number of aryl methyl sites for hydroxylation is 2. The summed E-state index contributed by atoms with van der Waals surface area (Å²) < 4.78 is 5.66. The van der Waals surface area contributed by atoms with Gasteiger partial charge in [0.1, 0.15) is 11.8 Å². The molecule has 4 heteroatoms. The maximum atomic E-state index is 13.3. The van der Waals surface area contributed by atoms with Gasteiger partial charge in [-0.15, -0.1) is 0 Å². The predicted octanol–water partition coefficient (Wildman–Crippen LogP) is 5.37. The van der Waals surface area contributed by atoms with E-state index in [0.29, 0.717) is 18.0 Å². The van der Waals surface area contributed by atoms with E-state index >= 15 is 0 Å². The molecule has 0 radical (unpaired) electrons. The van der Waals surface area contributed by atoms with Gasteiger partial charge in [0.25, 0.3) is 5.91 Å². The first-order valence-corrected chi connectivity index (χ1v) is 10.2. The van der Waals surface area contributed by atoms with Crippen LogP contribution in [0, 0.1) is 0 Å². The van der Waals surface area contributed by atoms with Crippen molar-refractivity contribution < 1.29 is 9.53 Å². The summed E-state index contributed by atoms with van der Waals surface area (Å²) in [6.45, 7) is 2.48. The van der Waals surface area contributed by atoms with Crippen LogP contribution in [-0.2, 0) is 17.6 Å². The third-order valence-electron chi connectivity index (χ3n) is 5.25. The summed E-state index contributed by atoms with van der Waals surface area (Å²) in [6.07, 6.45) is 3.46. The van der Waals surface area contributed by atoms with Gasteiger partial charge in [-0.2, -0.15) is 0 Å². The van der Waals surface area contributed by atoms with E-state index in [2.05, 4.69) is 28.8 Å². The Labute approximate surface area is 171 Å². The Morgan fingerprint density at radius 1 is 0.966 bits per heavy atom. The van der Waals surface area contributed by atoms with E-state index in [1.165, 1.54) is 17.5 Å². The lowest BCUT2D eigenvalue weighted by Crippen LogP contribution is -2.27. The minimum absolute atomic E-state index is 0.121. The van der Waals surface area contributed by atoms with Gasteiger partial charge >= 0.3 is 0 Å². The number of para-hydroxylation sites is 2. The molecule has 1 aliphatic carbocycles. The molecule has 3 aromatic rings. The lowest BCUT2D eigenvalue weighted by atomic mass is 10.0. The smallest absolute Gasteiger partial charge is 0.251 e. The Balaban J connectivity index is 1.60. The lowest BCUT2D eigenvalue weighted by Gasteiger charge is -2.21. The molecule has 1 amide bonds. The molecule has 1 atom stereocenters. The van der Waals surface area contributed by atoms with Crippen molar-refractivity contribution in [2.45, 2.75) is 32.2 Å². The standard InChI is InChI=1S/C25H26N2O2/c1-2-29-23-14-7-6-13-22(23)27-25(28)24(19-9-4-3-5-10-19)26-21-16-15-18-11-8-12-20(18)17-21/h3-7,9-10,13-17,24,26H,2,8,11-12H2,1H3,(H,27,28)/t24-/m0/s1. The fourth-order valence-electron chi connectivity index (χ4n) is 3.83. The zero-order chi connectivity index (χ0) is 20.1. The number of anilines is 2. The van der Waals surface area contributed by atoms with Gasteiger partial charge in [0, 0.05) is 5.69 Å². The highest BCUT2D eigenvalue weighted by Crippen LogP contribution is 2.29. The van der Waals surface area contributed by atoms with Gasteiger partial charge in [0.05, 0.1) is 12.3 Å². The molecule has 148 valence electrons. The highest BCUT2D eigenvalue weighted by molar-refractivity contribution is 5.98. The molecule has 0 spiro atoms. The maximum Gasteiger partial charge on any atom is 0.251 e. The van der Waals surface area contributed by atoms with Crippen molar-refractivity contribution >= 4 is 17.3 Å². The van der Waals surface area contributed by atoms with Gasteiger partial charge in [-0.25, -0.2) is 0 Å². The molecule has 0 saturated heterocycles. The van der Waals surface area contributed by atoms with Crippen LogP contribution >= 0.6 is 0 Å². The highest BCUT2D eigenvalue weighted by Gasteiger charge is 2.22. The van der Waals surface area contributed by atoms with Crippen molar-refractivity contribution in [2.75, 3.05) is 17.2 Å². The summed E-state index contributed by atoms with van der Waals surface area (Å²) >= 11 is 0. The van der Waals surface area contributed by atoms with Crippen LogP contribution in [-0.4, -0.2) is 12.5 Å². The van der Waals surface area contributed by atoms with E-state index < -0.39 is 6.04 Å². The lowest BCUT2D eigenvalue weighted by molar-refractivity contribution is -0.117. The molecular weight excluding hydrogens is 360 g/mol. The van der Waals surface area contributed by atoms with Gasteiger partial charge in [-0.05, 0) is 67.1 Å². The van der Waals surface area contributed by atoms with Crippen LogP contribution in [0.2, 0.25) is 0 Å². The van der Waals surface area contributed by atoms with Crippen molar-refractivity contribution in [3.8, 4) is 5.75 Å². The number of carbonyl (C=O) groups excluding carboxylic acids is 1. The minimum atomic E-state index is -0.509. The number of benzene rings is 3. The molecule has 4 nitrogen and oxygen atoms in total. The van der Waals surface area contributed by atoms with Gasteiger partial charge in [0.2, 0.25) is 0 Å². The van der Waals surface area contributed by atoms with E-state index in [9.17, 15) is 4.79 Å². The first kappa shape index (κ1) is 19.1. The Kier molecular flexibility index (Phi) is 5.80. The summed E-state index contributed by atoms with van der Waals surface area (Å²) in [5.74, 6) is 0.552. The number of carbonyl (C=O) groups is 1. The third kappa shape index (κ3) is 4.43. The van der Waals surface area contributed by atoms with Crippen LogP contribution in [0.3, 0.4) is 0 Å². The molecule has 0 heterocycles. The largest absolute Gasteiger partial charge is 0.492 e. The second-order valence-corrected chi connectivity index (χ2v) is 7.24. The topological polar surface area (TPSA) is 50.4 Å². The Morgan fingerprint density at radius 2 is 1.72 bits per heavy atom. The first-order valence-electron chi connectivity index (χ1n) is 10.2. The monoisotopic (exact) mass is 386 g/mol. The molecule has 29 heavy (non-hydrogen) atoms. The molecule has 0 saturated carbocycles. The number of hydrogen-bond donors (Lipinski definition) is 2. The number of fused-ring (bicyclic) bond motifs is 1. The zero-order valence-corrected chi connectivity index (χ0v) is 16.7. The normalized spacial score (nSPS) is 13.4. The van der Waals surface area contributed by atoms with Crippen molar-refractivity contribution in [2.24, 2.45) is 0 Å². The maximum absolute atomic E-state index is 13.3. The molecule has 1 aliphatic rings. The second kappa shape index (κ2) is 8.82. The highest BCUT2D eigenvalue weighted by atomic mass is 16.5. The number of rotatable bonds is 7. The molecule has 0 bridgehead atoms. The van der Waals surface area contributed by atoms with E-state index in [-0.39, 0.29) is 5.91 Å². The molecule has 0 unspecified atom stereocenters. The fraction of sp³-hybridized carbons (Fsp3) is 0.240. The van der Waals surface area contributed by atoms with E-state index in [1.54, 1.807) is 0 Å². The molecule has 0 fully saturated rings. The average molecular weight is 386 g/mol. The first-order chi connectivity index (χ1) is 14.2. The number of amides is 1. The summed E-state index contributed by atoms with van der Waals surface area (Å²) in [4.78, 5) is 13.3. The van der Waals surface area contributed by atoms with Crippen LogP contribution in [0.25, 0.3) is 0 Å². The van der Waals surface area contributed by atoms with Crippen molar-refractivity contribution in [3.63, 3.8) is 0 Å². The van der Waals surface area contributed by atoms with Gasteiger partial charge in [0.15, 0.2) is 0 Å². The quantitative estimate of drug-likeness (QED) is 0.574. The van der Waals surface area contributed by atoms with E-state index in [4.69, 9.17) is 4.74 Å². The van der Waals surface area contributed by atoms with E-state index in [1.807, 2.05) is 61.5 Å². The van der Waals surface area contributed by atoms with Gasteiger partial charge in [-0.1, -0.05) is 48.5 Å². The Bertz CT molecular complexity index is 985. The van der Waals surface area contributed by atoms with Crippen molar-refractivity contribution in [3.05, 3.63) is 89.5 Å². The minimum Gasteiger partial charge on any atom is -0.492 e. The number of nitrogens with one attached hydrogen (secondary N) is 2. The van der Waals surface area contributed by atoms with Crippen molar-refractivity contribution in [1.82, 2.24) is 0 Å². The molecule has 4 rings (SSSR count). The van der Waals surface area contributed by atoms with Crippen LogP contribution in [0.1, 0.15) is 36.1 Å². The molecule has 3 aromatic carbocycles. The zero-order valence-electron chi connectivity index (χ0n) is 16.7. The summed E-state index contributed by atoms with van der Waals surface area (Å²) in [6, 6.07) is 23.2. The number of hydrogen-bond acceptors (Lipinski definition) is 3. The molecule has 0 aliphatic heterocycles. The predicted molar refractivity (Wildman–Crippen MR) is 118 cm³/mol. The molecule has 2 N–H and O–H groups in total. The van der Waals surface area contributed by atoms with Crippen LogP contribution in [0.5, 0.6) is 5.75 Å². The number of ether oxygens (including phenoxy) is 1. The SMILES string of the molecule is CCOc1ccccc1NC(=O)[C@@H](Nc1ccc2c(c1)CCC2)c1ccccc1. The van der Waals surface area contributed by atoms with Crippen LogP contribution < -0.4 is 15.4 Å². The van der Waals surface area contributed by atoms with Crippen LogP contribution in [0.4, 0.5) is 11.4 Å². The summed E-state index contributed by atoms with van der Waals surface area (Å²) in [5, 5.41) is 6.48.